The monoisotopic (exact) mass is 519 g/mol. The number of hydrogen-bond donors (Lipinski definition) is 2. The quantitative estimate of drug-likeness (QED) is 0.369. The number of fused-ring (bicyclic) bond motifs is 1. The van der Waals surface area contributed by atoms with E-state index in [9.17, 15) is 14.4 Å². The van der Waals surface area contributed by atoms with Crippen LogP contribution in [0.2, 0.25) is 5.02 Å². The second-order valence-corrected chi connectivity index (χ2v) is 9.84. The molecule has 9 nitrogen and oxygen atoms in total. The Morgan fingerprint density at radius 3 is 2.43 bits per heavy atom. The Morgan fingerprint density at radius 1 is 1.11 bits per heavy atom. The first kappa shape index (κ1) is 25.8. The average Bonchev–Trinajstić information content (AvgIpc) is 2.85. The van der Waals surface area contributed by atoms with Gasteiger partial charge in [-0.3, -0.25) is 23.9 Å². The molecule has 37 heavy (non-hydrogen) atoms. The van der Waals surface area contributed by atoms with E-state index in [2.05, 4.69) is 15.3 Å². The number of nitrogen functional groups attached to an aromatic ring is 1. The summed E-state index contributed by atoms with van der Waals surface area (Å²) >= 11 is 5.93. The lowest BCUT2D eigenvalue weighted by Gasteiger charge is -2.20. The summed E-state index contributed by atoms with van der Waals surface area (Å²) < 4.78 is 6.53. The number of nitrogens with one attached hydrogen (secondary N) is 1. The molecule has 0 aliphatic carbocycles. The molecule has 3 aromatic heterocycles. The van der Waals surface area contributed by atoms with Gasteiger partial charge in [0.2, 0.25) is 0 Å². The summed E-state index contributed by atoms with van der Waals surface area (Å²) in [6.07, 6.45) is 4.77. The van der Waals surface area contributed by atoms with Crippen LogP contribution >= 0.6 is 11.6 Å². The predicted octanol–water partition coefficient (Wildman–Crippen LogP) is 3.97. The van der Waals surface area contributed by atoms with Crippen molar-refractivity contribution in [1.82, 2.24) is 19.9 Å². The van der Waals surface area contributed by atoms with Crippen LogP contribution in [0.1, 0.15) is 36.7 Å². The molecule has 3 N–H and O–H groups in total. The molecular formula is C27H26ClN5O4. The van der Waals surface area contributed by atoms with E-state index in [0.717, 1.165) is 15.7 Å². The fourth-order valence-electron chi connectivity index (χ4n) is 3.79. The van der Waals surface area contributed by atoms with Crippen molar-refractivity contribution in [3.8, 4) is 11.1 Å². The summed E-state index contributed by atoms with van der Waals surface area (Å²) in [7, 11) is 0. The van der Waals surface area contributed by atoms with E-state index < -0.39 is 29.6 Å². The van der Waals surface area contributed by atoms with Crippen molar-refractivity contribution in [3.63, 3.8) is 0 Å². The number of carbonyl (C=O) groups is 2. The molecule has 1 amide bonds. The fraction of sp³-hybridized carbons (Fsp3) is 0.222. The standard InChI is InChI=1S/C27H26ClN5O4/c1-27(2,3)37-22(34)15-33-24-19(23(29)21(14-31-24)17-8-10-30-11-9-17)12-20(26(33)36)25(35)32-13-16-4-6-18(28)7-5-16/h4-12,14H,13,15H2,1-3H3,(H2,29,31)(H,32,35). The molecule has 0 fully saturated rings. The van der Waals surface area contributed by atoms with E-state index in [-0.39, 0.29) is 17.8 Å². The smallest absolute Gasteiger partial charge is 0.326 e. The number of ether oxygens (including phenoxy) is 1. The van der Waals surface area contributed by atoms with Crippen molar-refractivity contribution in [1.29, 1.82) is 0 Å². The zero-order chi connectivity index (χ0) is 26.7. The van der Waals surface area contributed by atoms with Gasteiger partial charge < -0.3 is 15.8 Å². The van der Waals surface area contributed by atoms with E-state index in [0.29, 0.717) is 21.7 Å². The fourth-order valence-corrected chi connectivity index (χ4v) is 3.91. The molecule has 0 saturated heterocycles. The topological polar surface area (TPSA) is 129 Å². The van der Waals surface area contributed by atoms with Crippen LogP contribution < -0.4 is 16.6 Å². The number of pyridine rings is 3. The van der Waals surface area contributed by atoms with Crippen LogP contribution in [0.15, 0.2) is 65.8 Å². The molecule has 0 radical (unpaired) electrons. The van der Waals surface area contributed by atoms with Crippen molar-refractivity contribution in [3.05, 3.63) is 87.6 Å². The molecule has 0 aliphatic heterocycles. The molecular weight excluding hydrogens is 494 g/mol. The van der Waals surface area contributed by atoms with Gasteiger partial charge in [0.05, 0.1) is 5.69 Å². The SMILES string of the molecule is CC(C)(C)OC(=O)Cn1c(=O)c(C(=O)NCc2ccc(Cl)cc2)cc2c(N)c(-c3ccncc3)cnc21. The molecule has 0 bridgehead atoms. The summed E-state index contributed by atoms with van der Waals surface area (Å²) in [6.45, 7) is 4.91. The van der Waals surface area contributed by atoms with Crippen LogP contribution in [0.3, 0.4) is 0 Å². The maximum absolute atomic E-state index is 13.4. The van der Waals surface area contributed by atoms with Gasteiger partial charge in [-0.05, 0) is 62.2 Å². The van der Waals surface area contributed by atoms with Gasteiger partial charge in [-0.15, -0.1) is 0 Å². The maximum Gasteiger partial charge on any atom is 0.326 e. The molecule has 0 saturated carbocycles. The van der Waals surface area contributed by atoms with E-state index in [1.165, 1.54) is 12.3 Å². The third kappa shape index (κ3) is 5.95. The number of amides is 1. The second kappa shape index (κ2) is 10.4. The number of hydrogen-bond acceptors (Lipinski definition) is 7. The van der Waals surface area contributed by atoms with Crippen LogP contribution in [0.4, 0.5) is 5.69 Å². The van der Waals surface area contributed by atoms with Gasteiger partial charge in [0.25, 0.3) is 11.5 Å². The van der Waals surface area contributed by atoms with E-state index in [1.54, 1.807) is 69.6 Å². The Hall–Kier alpha value is -4.24. The number of rotatable bonds is 6. The molecule has 0 atom stereocenters. The van der Waals surface area contributed by atoms with Crippen LogP contribution in [0, 0.1) is 0 Å². The zero-order valence-electron chi connectivity index (χ0n) is 20.6. The van der Waals surface area contributed by atoms with Crippen LogP contribution in [0.5, 0.6) is 0 Å². The minimum Gasteiger partial charge on any atom is -0.459 e. The molecule has 1 aromatic carbocycles. The molecule has 4 rings (SSSR count). The van der Waals surface area contributed by atoms with Gasteiger partial charge in [-0.2, -0.15) is 0 Å². The Bertz CT molecular complexity index is 1530. The Kier molecular flexibility index (Phi) is 7.26. The highest BCUT2D eigenvalue weighted by atomic mass is 35.5. The third-order valence-electron chi connectivity index (χ3n) is 5.47. The Labute approximate surface area is 218 Å². The largest absolute Gasteiger partial charge is 0.459 e. The van der Waals surface area contributed by atoms with Crippen LogP contribution in [-0.4, -0.2) is 32.0 Å². The zero-order valence-corrected chi connectivity index (χ0v) is 21.4. The molecule has 10 heteroatoms. The minimum atomic E-state index is -0.759. The highest BCUT2D eigenvalue weighted by Gasteiger charge is 2.23. The van der Waals surface area contributed by atoms with E-state index in [4.69, 9.17) is 22.1 Å². The number of halogens is 1. The number of nitrogens with zero attached hydrogens (tertiary/aromatic N) is 3. The summed E-state index contributed by atoms with van der Waals surface area (Å²) in [5, 5.41) is 3.67. The first-order valence-corrected chi connectivity index (χ1v) is 11.9. The van der Waals surface area contributed by atoms with Crippen LogP contribution in [0.25, 0.3) is 22.2 Å². The molecule has 190 valence electrons. The van der Waals surface area contributed by atoms with Crippen molar-refractivity contribution in [2.75, 3.05) is 5.73 Å². The first-order valence-electron chi connectivity index (χ1n) is 11.5. The Balaban J connectivity index is 1.80. The predicted molar refractivity (Wildman–Crippen MR) is 142 cm³/mol. The number of benzene rings is 1. The summed E-state index contributed by atoms with van der Waals surface area (Å²) in [5.74, 6) is -1.26. The summed E-state index contributed by atoms with van der Waals surface area (Å²) in [5.41, 5.74) is 7.53. The summed E-state index contributed by atoms with van der Waals surface area (Å²) in [6, 6.07) is 11.9. The second-order valence-electron chi connectivity index (χ2n) is 9.40. The highest BCUT2D eigenvalue weighted by Crippen LogP contribution is 2.31. The molecule has 0 spiro atoms. The maximum atomic E-state index is 13.4. The van der Waals surface area contributed by atoms with E-state index >= 15 is 0 Å². The number of esters is 1. The van der Waals surface area contributed by atoms with Gasteiger partial charge in [-0.25, -0.2) is 4.98 Å². The molecule has 0 unspecified atom stereocenters. The molecule has 4 aromatic rings. The van der Waals surface area contributed by atoms with Crippen molar-refractivity contribution < 1.29 is 14.3 Å². The summed E-state index contributed by atoms with van der Waals surface area (Å²) in [4.78, 5) is 47.7. The number of carbonyl (C=O) groups excluding carboxylic acids is 2. The third-order valence-corrected chi connectivity index (χ3v) is 5.72. The lowest BCUT2D eigenvalue weighted by molar-refractivity contribution is -0.155. The average molecular weight is 520 g/mol. The van der Waals surface area contributed by atoms with Crippen molar-refractivity contribution >= 4 is 40.2 Å². The van der Waals surface area contributed by atoms with Crippen LogP contribution in [-0.2, 0) is 22.6 Å². The van der Waals surface area contributed by atoms with Crippen molar-refractivity contribution in [2.45, 2.75) is 39.5 Å². The van der Waals surface area contributed by atoms with Gasteiger partial charge in [0.15, 0.2) is 0 Å². The lowest BCUT2D eigenvalue weighted by Crippen LogP contribution is -2.36. The number of nitrogens with two attached hydrogens (primary N) is 1. The van der Waals surface area contributed by atoms with Gasteiger partial charge in [-0.1, -0.05) is 23.7 Å². The normalized spacial score (nSPS) is 11.4. The van der Waals surface area contributed by atoms with E-state index in [1.807, 2.05) is 0 Å². The van der Waals surface area contributed by atoms with Gasteiger partial charge >= 0.3 is 5.97 Å². The highest BCUT2D eigenvalue weighted by molar-refractivity contribution is 6.30. The van der Waals surface area contributed by atoms with Gasteiger partial charge in [0.1, 0.15) is 23.4 Å². The molecule has 3 heterocycles. The first-order chi connectivity index (χ1) is 17.5. The van der Waals surface area contributed by atoms with Crippen molar-refractivity contribution in [2.24, 2.45) is 0 Å². The number of anilines is 1. The molecule has 0 aliphatic rings. The number of aromatic nitrogens is 3. The minimum absolute atomic E-state index is 0.167. The van der Waals surface area contributed by atoms with Gasteiger partial charge in [0, 0.05) is 41.1 Å². The lowest BCUT2D eigenvalue weighted by atomic mass is 10.0. The Morgan fingerprint density at radius 2 is 1.78 bits per heavy atom.